The smallest absolute Gasteiger partial charge is 0.330 e. The lowest BCUT2D eigenvalue weighted by Gasteiger charge is -2.17. The molecule has 0 aliphatic carbocycles. The summed E-state index contributed by atoms with van der Waals surface area (Å²) in [6.45, 7) is -0.447. The van der Waals surface area contributed by atoms with E-state index in [4.69, 9.17) is 19.9 Å². The van der Waals surface area contributed by atoms with Crippen LogP contribution in [0.5, 0.6) is 0 Å². The number of aliphatic hydroxyl groups excluding tert-OH is 2. The van der Waals surface area contributed by atoms with Gasteiger partial charge in [0.1, 0.15) is 30.2 Å². The van der Waals surface area contributed by atoms with E-state index in [-0.39, 0.29) is 17.0 Å². The molecule has 0 radical (unpaired) electrons. The minimum Gasteiger partial charge on any atom is -0.394 e. The van der Waals surface area contributed by atoms with Gasteiger partial charge in [-0.3, -0.25) is 0 Å². The highest BCUT2D eigenvalue weighted by Crippen LogP contribution is 2.34. The van der Waals surface area contributed by atoms with E-state index in [1.807, 2.05) is 0 Å². The molecule has 0 spiro atoms. The maximum atomic E-state index is 12.1. The second-order valence-electron chi connectivity index (χ2n) is 4.67. The summed E-state index contributed by atoms with van der Waals surface area (Å²) in [5, 5.41) is 19.6. The number of nitrogens with two attached hydrogens (primary N) is 1. The largest absolute Gasteiger partial charge is 0.394 e. The van der Waals surface area contributed by atoms with E-state index in [0.717, 1.165) is 4.57 Å². The summed E-state index contributed by atoms with van der Waals surface area (Å²) >= 11 is 0. The molecule has 120 valence electrons. The SMILES string of the molecule is Nc1ncnc2c1[nH]c(=O)n2C1OC(CO)C(OPO)C1O. The van der Waals surface area contributed by atoms with E-state index < -0.39 is 45.9 Å². The number of aromatic nitrogens is 4. The fraction of sp³-hybridized carbons (Fsp3) is 0.500. The molecule has 0 amide bonds. The lowest BCUT2D eigenvalue weighted by Crippen LogP contribution is -2.35. The predicted octanol–water partition coefficient (Wildman–Crippen LogP) is -2.16. The van der Waals surface area contributed by atoms with Crippen molar-refractivity contribution in [2.45, 2.75) is 24.5 Å². The van der Waals surface area contributed by atoms with Crippen molar-refractivity contribution in [1.82, 2.24) is 19.5 Å². The molecule has 22 heavy (non-hydrogen) atoms. The number of H-pyrrole nitrogens is 1. The van der Waals surface area contributed by atoms with E-state index in [1.165, 1.54) is 6.33 Å². The summed E-state index contributed by atoms with van der Waals surface area (Å²) in [5.74, 6) is 0.0803. The molecule has 3 rings (SSSR count). The van der Waals surface area contributed by atoms with E-state index in [2.05, 4.69) is 15.0 Å². The fourth-order valence-corrected chi connectivity index (χ4v) is 2.89. The fourth-order valence-electron chi connectivity index (χ4n) is 2.48. The molecule has 1 fully saturated rings. The lowest BCUT2D eigenvalue weighted by molar-refractivity contribution is -0.0517. The van der Waals surface area contributed by atoms with Crippen LogP contribution in [-0.4, -0.2) is 59.5 Å². The zero-order valence-electron chi connectivity index (χ0n) is 11.1. The van der Waals surface area contributed by atoms with E-state index in [9.17, 15) is 15.0 Å². The Balaban J connectivity index is 2.06. The van der Waals surface area contributed by atoms with Crippen LogP contribution in [0.1, 0.15) is 6.23 Å². The highest BCUT2D eigenvalue weighted by Gasteiger charge is 2.46. The van der Waals surface area contributed by atoms with Crippen molar-refractivity contribution < 1.29 is 24.4 Å². The van der Waals surface area contributed by atoms with Crippen LogP contribution in [0, 0.1) is 0 Å². The maximum Gasteiger partial charge on any atom is 0.330 e. The summed E-state index contributed by atoms with van der Waals surface area (Å²) in [4.78, 5) is 31.2. The number of anilines is 1. The Hall–Kier alpha value is -1.62. The first-order chi connectivity index (χ1) is 10.6. The Bertz CT molecular complexity index is 734. The van der Waals surface area contributed by atoms with Gasteiger partial charge in [-0.2, -0.15) is 0 Å². The first-order valence-corrected chi connectivity index (χ1v) is 7.13. The van der Waals surface area contributed by atoms with Crippen LogP contribution in [0.15, 0.2) is 11.1 Å². The monoisotopic (exact) mass is 331 g/mol. The van der Waals surface area contributed by atoms with Crippen LogP contribution in [0.25, 0.3) is 11.2 Å². The van der Waals surface area contributed by atoms with Gasteiger partial charge in [0.15, 0.2) is 26.7 Å². The maximum absolute atomic E-state index is 12.1. The number of nitrogens with zero attached hydrogens (tertiary/aromatic N) is 3. The summed E-state index contributed by atoms with van der Waals surface area (Å²) in [6, 6.07) is 0. The van der Waals surface area contributed by atoms with Gasteiger partial charge < -0.3 is 35.1 Å². The van der Waals surface area contributed by atoms with Gasteiger partial charge in [-0.25, -0.2) is 19.3 Å². The third-order valence-electron chi connectivity index (χ3n) is 3.47. The van der Waals surface area contributed by atoms with Crippen LogP contribution in [0.3, 0.4) is 0 Å². The molecular formula is C10H14N5O6P. The highest BCUT2D eigenvalue weighted by molar-refractivity contribution is 7.25. The van der Waals surface area contributed by atoms with Crippen molar-refractivity contribution in [2.75, 3.05) is 12.3 Å². The van der Waals surface area contributed by atoms with Crippen LogP contribution < -0.4 is 11.4 Å². The summed E-state index contributed by atoms with van der Waals surface area (Å²) in [6.07, 6.45) is -3.13. The Kier molecular flexibility index (Phi) is 4.08. The van der Waals surface area contributed by atoms with Crippen LogP contribution in [0.4, 0.5) is 5.82 Å². The number of nitrogens with one attached hydrogen (secondary N) is 1. The van der Waals surface area contributed by atoms with Gasteiger partial charge in [0.25, 0.3) is 0 Å². The average Bonchev–Trinajstić information content (AvgIpc) is 2.98. The zero-order valence-corrected chi connectivity index (χ0v) is 12.1. The Morgan fingerprint density at radius 2 is 2.32 bits per heavy atom. The molecule has 5 atom stereocenters. The third-order valence-corrected chi connectivity index (χ3v) is 3.85. The van der Waals surface area contributed by atoms with Crippen LogP contribution >= 0.6 is 9.03 Å². The van der Waals surface area contributed by atoms with Crippen molar-refractivity contribution in [3.63, 3.8) is 0 Å². The van der Waals surface area contributed by atoms with Crippen molar-refractivity contribution in [3.8, 4) is 0 Å². The standard InChI is InChI=1S/C10H14N5O6P/c11-7-4-8(13-2-12-7)15(10(18)14-4)9-5(17)6(21-22-19)3(1-16)20-9/h2-3,5-6,9,16-17,19,22H,1H2,(H,14,18)(H2,11,12,13). The number of aromatic amines is 1. The molecule has 3 heterocycles. The predicted molar refractivity (Wildman–Crippen MR) is 75.0 cm³/mol. The molecule has 6 N–H and O–H groups in total. The summed E-state index contributed by atoms with van der Waals surface area (Å²) in [7, 11) is -0.894. The molecular weight excluding hydrogens is 317 g/mol. The van der Waals surface area contributed by atoms with Gasteiger partial charge in [0.2, 0.25) is 0 Å². The van der Waals surface area contributed by atoms with E-state index in [0.29, 0.717) is 0 Å². The van der Waals surface area contributed by atoms with Gasteiger partial charge in [0, 0.05) is 0 Å². The lowest BCUT2D eigenvalue weighted by atomic mass is 10.1. The first-order valence-electron chi connectivity index (χ1n) is 6.28. The molecule has 1 aliphatic rings. The van der Waals surface area contributed by atoms with Crippen LogP contribution in [0.2, 0.25) is 0 Å². The zero-order chi connectivity index (χ0) is 15.9. The number of hydrogen-bond acceptors (Lipinski definition) is 9. The van der Waals surface area contributed by atoms with Gasteiger partial charge in [-0.1, -0.05) is 0 Å². The molecule has 12 heteroatoms. The highest BCUT2D eigenvalue weighted by atomic mass is 31.1. The van der Waals surface area contributed by atoms with E-state index >= 15 is 0 Å². The molecule has 5 unspecified atom stereocenters. The number of nitrogen functional groups attached to an aromatic ring is 1. The normalized spacial score (nSPS) is 29.0. The number of hydrogen-bond donors (Lipinski definition) is 5. The number of ether oxygens (including phenoxy) is 1. The van der Waals surface area contributed by atoms with Crippen LogP contribution in [-0.2, 0) is 9.26 Å². The first kappa shape index (κ1) is 15.3. The van der Waals surface area contributed by atoms with Gasteiger partial charge >= 0.3 is 5.69 Å². The topological polar surface area (TPSA) is 169 Å². The Labute approximate surface area is 124 Å². The number of aliphatic hydroxyl groups is 2. The molecule has 0 aromatic carbocycles. The molecule has 11 nitrogen and oxygen atoms in total. The minimum atomic E-state index is -1.29. The van der Waals surface area contributed by atoms with Crippen molar-refractivity contribution in [3.05, 3.63) is 16.8 Å². The molecule has 0 saturated carbocycles. The van der Waals surface area contributed by atoms with Gasteiger partial charge in [-0.05, 0) is 0 Å². The molecule has 2 aromatic heterocycles. The van der Waals surface area contributed by atoms with Crippen molar-refractivity contribution in [1.29, 1.82) is 0 Å². The second-order valence-corrected chi connectivity index (χ2v) is 5.09. The van der Waals surface area contributed by atoms with E-state index in [1.54, 1.807) is 0 Å². The minimum absolute atomic E-state index is 0.0803. The second kappa shape index (κ2) is 5.88. The Morgan fingerprint density at radius 1 is 1.55 bits per heavy atom. The average molecular weight is 331 g/mol. The van der Waals surface area contributed by atoms with Crippen molar-refractivity contribution in [2.24, 2.45) is 0 Å². The third kappa shape index (κ3) is 2.28. The Morgan fingerprint density at radius 3 is 3.00 bits per heavy atom. The van der Waals surface area contributed by atoms with Gasteiger partial charge in [0.05, 0.1) is 6.61 Å². The van der Waals surface area contributed by atoms with Crippen molar-refractivity contribution >= 4 is 26.0 Å². The number of imidazole rings is 1. The van der Waals surface area contributed by atoms with Gasteiger partial charge in [-0.15, -0.1) is 0 Å². The molecule has 0 bridgehead atoms. The quantitative estimate of drug-likeness (QED) is 0.392. The summed E-state index contributed by atoms with van der Waals surface area (Å²) < 4.78 is 11.5. The number of fused-ring (bicyclic) bond motifs is 1. The molecule has 1 saturated heterocycles. The molecule has 1 aliphatic heterocycles. The summed E-state index contributed by atoms with van der Waals surface area (Å²) in [5.41, 5.74) is 5.44. The number of rotatable bonds is 4. The molecule has 2 aromatic rings.